The van der Waals surface area contributed by atoms with E-state index in [4.69, 9.17) is 4.74 Å². The second kappa shape index (κ2) is 5.82. The van der Waals surface area contributed by atoms with Gasteiger partial charge in [-0.3, -0.25) is 10.1 Å². The van der Waals surface area contributed by atoms with Crippen LogP contribution in [0.3, 0.4) is 0 Å². The molecule has 0 saturated carbocycles. The van der Waals surface area contributed by atoms with E-state index in [1.54, 1.807) is 6.92 Å². The van der Waals surface area contributed by atoms with Crippen molar-refractivity contribution < 1.29 is 9.53 Å². The van der Waals surface area contributed by atoms with Crippen LogP contribution in [0.25, 0.3) is 0 Å². The summed E-state index contributed by atoms with van der Waals surface area (Å²) in [5.74, 6) is -0.307. The van der Waals surface area contributed by atoms with Gasteiger partial charge in [0.1, 0.15) is 12.2 Å². The summed E-state index contributed by atoms with van der Waals surface area (Å²) in [7, 11) is 0. The molecule has 1 fully saturated rings. The Morgan fingerprint density at radius 2 is 2.36 bits per heavy atom. The van der Waals surface area contributed by atoms with E-state index in [-0.39, 0.29) is 12.1 Å². The first kappa shape index (κ1) is 11.3. The van der Waals surface area contributed by atoms with Crippen LogP contribution in [0.15, 0.2) is 4.99 Å². The molecule has 1 heterocycles. The molecule has 1 saturated heterocycles. The lowest BCUT2D eigenvalue weighted by molar-refractivity contribution is -0.146. The highest BCUT2D eigenvalue weighted by molar-refractivity contribution is 7.78. The van der Waals surface area contributed by atoms with E-state index in [9.17, 15) is 4.79 Å². The van der Waals surface area contributed by atoms with Gasteiger partial charge in [-0.2, -0.15) is 0 Å². The minimum absolute atomic E-state index is 0.307. The Bertz CT molecular complexity index is 253. The number of carbonyl (C=O) groups is 1. The molecule has 0 aliphatic carbocycles. The van der Waals surface area contributed by atoms with Crippen molar-refractivity contribution in [2.24, 2.45) is 4.99 Å². The Kier molecular flexibility index (Phi) is 4.69. The SMILES string of the molecule is CCOC(=O)C1NCCNC1N=C=S. The van der Waals surface area contributed by atoms with Crippen LogP contribution in [-0.2, 0) is 9.53 Å². The highest BCUT2D eigenvalue weighted by Crippen LogP contribution is 2.01. The fourth-order valence-electron chi connectivity index (χ4n) is 1.30. The maximum Gasteiger partial charge on any atom is 0.326 e. The van der Waals surface area contributed by atoms with E-state index in [2.05, 4.69) is 33.0 Å². The summed E-state index contributed by atoms with van der Waals surface area (Å²) < 4.78 is 4.89. The first-order valence-corrected chi connectivity index (χ1v) is 4.90. The Labute approximate surface area is 87.9 Å². The Morgan fingerprint density at radius 3 is 3.00 bits per heavy atom. The van der Waals surface area contributed by atoms with E-state index in [0.717, 1.165) is 6.54 Å². The van der Waals surface area contributed by atoms with Gasteiger partial charge < -0.3 is 10.1 Å². The largest absolute Gasteiger partial charge is 0.465 e. The molecule has 0 radical (unpaired) electrons. The summed E-state index contributed by atoms with van der Waals surface area (Å²) in [6, 6.07) is -0.459. The molecule has 14 heavy (non-hydrogen) atoms. The minimum atomic E-state index is -0.459. The molecule has 0 aromatic rings. The van der Waals surface area contributed by atoms with Crippen molar-refractivity contribution in [3.63, 3.8) is 0 Å². The van der Waals surface area contributed by atoms with Crippen LogP contribution in [-0.4, -0.2) is 43.0 Å². The van der Waals surface area contributed by atoms with E-state index in [1.807, 2.05) is 0 Å². The summed E-state index contributed by atoms with van der Waals surface area (Å²) in [6.07, 6.45) is -0.361. The van der Waals surface area contributed by atoms with E-state index < -0.39 is 6.04 Å². The van der Waals surface area contributed by atoms with Crippen LogP contribution in [0, 0.1) is 0 Å². The number of aliphatic imine (C=N–C) groups is 1. The summed E-state index contributed by atoms with van der Waals surface area (Å²) in [5, 5.41) is 8.33. The van der Waals surface area contributed by atoms with E-state index in [1.165, 1.54) is 0 Å². The summed E-state index contributed by atoms with van der Waals surface area (Å²) >= 11 is 4.50. The Hall–Kier alpha value is -0.810. The molecule has 1 rings (SSSR count). The van der Waals surface area contributed by atoms with Crippen molar-refractivity contribution in [1.82, 2.24) is 10.6 Å². The number of carbonyl (C=O) groups excluding carboxylic acids is 1. The molecule has 0 aromatic carbocycles. The summed E-state index contributed by atoms with van der Waals surface area (Å²) in [6.45, 7) is 3.60. The van der Waals surface area contributed by atoms with Crippen LogP contribution in [0.1, 0.15) is 6.92 Å². The number of isothiocyanates is 1. The molecule has 1 aliphatic heterocycles. The summed E-state index contributed by atoms with van der Waals surface area (Å²) in [5.41, 5.74) is 0. The van der Waals surface area contributed by atoms with Gasteiger partial charge in [-0.05, 0) is 19.1 Å². The number of esters is 1. The van der Waals surface area contributed by atoms with Gasteiger partial charge in [-0.15, -0.1) is 0 Å². The van der Waals surface area contributed by atoms with Gasteiger partial charge in [0, 0.05) is 13.1 Å². The predicted octanol–water partition coefficient (Wildman–Crippen LogP) is -0.460. The van der Waals surface area contributed by atoms with Gasteiger partial charge in [0.2, 0.25) is 0 Å². The lowest BCUT2D eigenvalue weighted by Crippen LogP contribution is -2.58. The number of piperazine rings is 1. The monoisotopic (exact) mass is 215 g/mol. The van der Waals surface area contributed by atoms with Crippen LogP contribution < -0.4 is 10.6 Å². The number of ether oxygens (including phenoxy) is 1. The first-order chi connectivity index (χ1) is 6.79. The lowest BCUT2D eigenvalue weighted by atomic mass is 10.2. The summed E-state index contributed by atoms with van der Waals surface area (Å²) in [4.78, 5) is 15.3. The molecular formula is C8H13N3O2S. The molecule has 0 aromatic heterocycles. The molecule has 5 nitrogen and oxygen atoms in total. The second-order valence-corrected chi connectivity index (χ2v) is 2.99. The molecule has 0 bridgehead atoms. The van der Waals surface area contributed by atoms with Crippen molar-refractivity contribution in [1.29, 1.82) is 0 Å². The number of rotatable bonds is 3. The third kappa shape index (κ3) is 2.85. The van der Waals surface area contributed by atoms with Gasteiger partial charge >= 0.3 is 5.97 Å². The normalized spacial score (nSPS) is 26.4. The van der Waals surface area contributed by atoms with Gasteiger partial charge in [0.25, 0.3) is 0 Å². The standard InChI is InChI=1S/C8H13N3O2S/c1-2-13-8(12)6-7(11-5-14)10-4-3-9-6/h6-7,9-10H,2-4H2,1H3. The Balaban J connectivity index is 2.61. The van der Waals surface area contributed by atoms with Crippen LogP contribution in [0.4, 0.5) is 0 Å². The van der Waals surface area contributed by atoms with Crippen molar-refractivity contribution in [2.75, 3.05) is 19.7 Å². The van der Waals surface area contributed by atoms with Gasteiger partial charge in [0.05, 0.1) is 11.8 Å². The van der Waals surface area contributed by atoms with Crippen LogP contribution in [0.2, 0.25) is 0 Å². The zero-order valence-electron chi connectivity index (χ0n) is 7.95. The predicted molar refractivity (Wildman–Crippen MR) is 55.2 cm³/mol. The number of nitrogens with one attached hydrogen (secondary N) is 2. The van der Waals surface area contributed by atoms with E-state index >= 15 is 0 Å². The fraction of sp³-hybridized carbons (Fsp3) is 0.750. The molecule has 2 unspecified atom stereocenters. The molecule has 2 atom stereocenters. The molecule has 1 aliphatic rings. The van der Waals surface area contributed by atoms with Crippen molar-refractivity contribution >= 4 is 23.3 Å². The third-order valence-electron chi connectivity index (χ3n) is 1.89. The van der Waals surface area contributed by atoms with Crippen molar-refractivity contribution in [3.8, 4) is 0 Å². The molecular weight excluding hydrogens is 202 g/mol. The highest BCUT2D eigenvalue weighted by atomic mass is 32.1. The minimum Gasteiger partial charge on any atom is -0.465 e. The van der Waals surface area contributed by atoms with Crippen LogP contribution in [0.5, 0.6) is 0 Å². The zero-order valence-corrected chi connectivity index (χ0v) is 8.76. The lowest BCUT2D eigenvalue weighted by Gasteiger charge is -2.28. The third-order valence-corrected chi connectivity index (χ3v) is 2.00. The highest BCUT2D eigenvalue weighted by Gasteiger charge is 2.31. The molecule has 0 amide bonds. The van der Waals surface area contributed by atoms with E-state index in [0.29, 0.717) is 13.2 Å². The van der Waals surface area contributed by atoms with Gasteiger partial charge in [-0.25, -0.2) is 4.99 Å². The van der Waals surface area contributed by atoms with Crippen LogP contribution >= 0.6 is 12.2 Å². The second-order valence-electron chi connectivity index (χ2n) is 2.80. The maximum atomic E-state index is 11.4. The fourth-order valence-corrected chi connectivity index (χ4v) is 1.41. The number of thiocarbonyl (C=S) groups is 1. The topological polar surface area (TPSA) is 62.7 Å². The maximum absolute atomic E-state index is 11.4. The molecule has 78 valence electrons. The smallest absolute Gasteiger partial charge is 0.326 e. The van der Waals surface area contributed by atoms with Crippen molar-refractivity contribution in [3.05, 3.63) is 0 Å². The zero-order chi connectivity index (χ0) is 10.4. The van der Waals surface area contributed by atoms with Gasteiger partial charge in [0.15, 0.2) is 0 Å². The Morgan fingerprint density at radius 1 is 1.64 bits per heavy atom. The number of hydrogen-bond donors (Lipinski definition) is 2. The van der Waals surface area contributed by atoms with Crippen molar-refractivity contribution in [2.45, 2.75) is 19.1 Å². The first-order valence-electron chi connectivity index (χ1n) is 4.50. The number of hydrogen-bond acceptors (Lipinski definition) is 6. The number of nitrogens with zero attached hydrogens (tertiary/aromatic N) is 1. The van der Waals surface area contributed by atoms with Gasteiger partial charge in [-0.1, -0.05) is 0 Å². The average molecular weight is 215 g/mol. The quantitative estimate of drug-likeness (QED) is 0.379. The molecule has 2 N–H and O–H groups in total. The average Bonchev–Trinajstić information content (AvgIpc) is 2.19. The molecule has 6 heteroatoms. The molecule has 0 spiro atoms.